The molecule has 0 aliphatic carbocycles. The lowest BCUT2D eigenvalue weighted by molar-refractivity contribution is 0.0631. The Balaban J connectivity index is 1.79. The summed E-state index contributed by atoms with van der Waals surface area (Å²) < 4.78 is 5.40. The molecule has 2 aromatic rings. The quantitative estimate of drug-likeness (QED) is 0.759. The van der Waals surface area contributed by atoms with Crippen molar-refractivity contribution in [3.63, 3.8) is 0 Å². The van der Waals surface area contributed by atoms with Crippen molar-refractivity contribution in [3.8, 4) is 5.75 Å². The van der Waals surface area contributed by atoms with Crippen LogP contribution in [0.1, 0.15) is 56.3 Å². The molecule has 0 saturated carbocycles. The molecule has 1 atom stereocenters. The zero-order valence-corrected chi connectivity index (χ0v) is 17.2. The standard InChI is InChI=1S/C22H27N3O3/c1-13-9-18(10-14(2)21(13)28-5)20(26)17-7-6-8-25(12-17)22(27)19-11-15(3)23-16(4)24-19/h9-11,17H,6-8,12H2,1-5H3. The molecule has 28 heavy (non-hydrogen) atoms. The predicted molar refractivity (Wildman–Crippen MR) is 107 cm³/mol. The summed E-state index contributed by atoms with van der Waals surface area (Å²) in [7, 11) is 1.64. The molecule has 1 fully saturated rings. The van der Waals surface area contributed by atoms with Gasteiger partial charge in [-0.2, -0.15) is 0 Å². The van der Waals surface area contributed by atoms with Gasteiger partial charge in [0, 0.05) is 30.3 Å². The average Bonchev–Trinajstić information content (AvgIpc) is 2.66. The molecule has 1 amide bonds. The van der Waals surface area contributed by atoms with Crippen molar-refractivity contribution < 1.29 is 14.3 Å². The zero-order chi connectivity index (χ0) is 20.4. The highest BCUT2D eigenvalue weighted by Crippen LogP contribution is 2.28. The number of aryl methyl sites for hydroxylation is 4. The maximum atomic E-state index is 13.1. The van der Waals surface area contributed by atoms with Gasteiger partial charge in [-0.3, -0.25) is 9.59 Å². The van der Waals surface area contributed by atoms with Gasteiger partial charge in [-0.05, 0) is 69.9 Å². The molecule has 1 saturated heterocycles. The lowest BCUT2D eigenvalue weighted by atomic mass is 9.88. The van der Waals surface area contributed by atoms with Gasteiger partial charge in [0.1, 0.15) is 17.3 Å². The fraction of sp³-hybridized carbons (Fsp3) is 0.455. The summed E-state index contributed by atoms with van der Waals surface area (Å²) in [6.07, 6.45) is 1.59. The van der Waals surface area contributed by atoms with Crippen molar-refractivity contribution in [2.45, 2.75) is 40.5 Å². The van der Waals surface area contributed by atoms with Crippen LogP contribution in [-0.2, 0) is 0 Å². The molecular weight excluding hydrogens is 354 g/mol. The number of rotatable bonds is 4. The minimum Gasteiger partial charge on any atom is -0.496 e. The second kappa shape index (κ2) is 8.09. The Bertz CT molecular complexity index is 880. The van der Waals surface area contributed by atoms with Crippen LogP contribution in [0.5, 0.6) is 5.75 Å². The molecule has 3 rings (SSSR count). The largest absolute Gasteiger partial charge is 0.496 e. The van der Waals surface area contributed by atoms with Crippen molar-refractivity contribution >= 4 is 11.7 Å². The first-order valence-electron chi connectivity index (χ1n) is 9.61. The van der Waals surface area contributed by atoms with Gasteiger partial charge in [0.25, 0.3) is 5.91 Å². The number of aromatic nitrogens is 2. The number of piperidine rings is 1. The normalized spacial score (nSPS) is 16.8. The van der Waals surface area contributed by atoms with Crippen LogP contribution in [0.2, 0.25) is 0 Å². The van der Waals surface area contributed by atoms with E-state index in [0.717, 1.165) is 35.4 Å². The maximum Gasteiger partial charge on any atom is 0.272 e. The fourth-order valence-corrected chi connectivity index (χ4v) is 4.01. The van der Waals surface area contributed by atoms with Crippen molar-refractivity contribution in [3.05, 3.63) is 52.1 Å². The Morgan fingerprint density at radius 2 is 1.75 bits per heavy atom. The second-order valence-corrected chi connectivity index (χ2v) is 7.54. The molecule has 2 heterocycles. The molecule has 1 aliphatic rings. The van der Waals surface area contributed by atoms with Gasteiger partial charge in [-0.15, -0.1) is 0 Å². The summed E-state index contributed by atoms with van der Waals surface area (Å²) in [5.41, 5.74) is 3.74. The first kappa shape index (κ1) is 20.0. The average molecular weight is 381 g/mol. The van der Waals surface area contributed by atoms with Gasteiger partial charge >= 0.3 is 0 Å². The molecule has 1 unspecified atom stereocenters. The van der Waals surface area contributed by atoms with Crippen LogP contribution in [-0.4, -0.2) is 46.8 Å². The number of ether oxygens (including phenoxy) is 1. The first-order valence-corrected chi connectivity index (χ1v) is 9.61. The van der Waals surface area contributed by atoms with E-state index in [4.69, 9.17) is 4.74 Å². The van der Waals surface area contributed by atoms with Gasteiger partial charge in [-0.25, -0.2) is 9.97 Å². The number of likely N-dealkylation sites (tertiary alicyclic amines) is 1. The Kier molecular flexibility index (Phi) is 5.77. The van der Waals surface area contributed by atoms with E-state index in [1.807, 2.05) is 32.9 Å². The van der Waals surface area contributed by atoms with Crippen LogP contribution < -0.4 is 4.74 Å². The number of hydrogen-bond donors (Lipinski definition) is 0. The van der Waals surface area contributed by atoms with E-state index in [1.54, 1.807) is 25.0 Å². The molecule has 1 aromatic carbocycles. The van der Waals surface area contributed by atoms with Gasteiger partial charge in [0.2, 0.25) is 0 Å². The maximum absolute atomic E-state index is 13.1. The molecule has 0 bridgehead atoms. The van der Waals surface area contributed by atoms with Crippen LogP contribution in [0.4, 0.5) is 0 Å². The molecule has 6 nitrogen and oxygen atoms in total. The van der Waals surface area contributed by atoms with E-state index < -0.39 is 0 Å². The van der Waals surface area contributed by atoms with E-state index in [0.29, 0.717) is 30.2 Å². The molecule has 6 heteroatoms. The Morgan fingerprint density at radius 3 is 2.36 bits per heavy atom. The number of carbonyl (C=O) groups excluding carboxylic acids is 2. The van der Waals surface area contributed by atoms with Gasteiger partial charge < -0.3 is 9.64 Å². The van der Waals surface area contributed by atoms with Crippen LogP contribution in [0, 0.1) is 33.6 Å². The highest BCUT2D eigenvalue weighted by molar-refractivity contribution is 5.99. The lowest BCUT2D eigenvalue weighted by Gasteiger charge is -2.32. The summed E-state index contributed by atoms with van der Waals surface area (Å²) >= 11 is 0. The molecule has 0 spiro atoms. The molecule has 1 aliphatic heterocycles. The van der Waals surface area contributed by atoms with Gasteiger partial charge in [-0.1, -0.05) is 0 Å². The number of amides is 1. The van der Waals surface area contributed by atoms with Gasteiger partial charge in [0.15, 0.2) is 5.78 Å². The van der Waals surface area contributed by atoms with E-state index in [-0.39, 0.29) is 17.6 Å². The Hall–Kier alpha value is -2.76. The zero-order valence-electron chi connectivity index (χ0n) is 17.2. The summed E-state index contributed by atoms with van der Waals surface area (Å²) in [5, 5.41) is 0. The van der Waals surface area contributed by atoms with E-state index in [9.17, 15) is 9.59 Å². The van der Waals surface area contributed by atoms with Crippen molar-refractivity contribution in [2.75, 3.05) is 20.2 Å². The molecule has 0 radical (unpaired) electrons. The number of benzene rings is 1. The highest BCUT2D eigenvalue weighted by atomic mass is 16.5. The molecule has 1 aromatic heterocycles. The molecule has 148 valence electrons. The number of carbonyl (C=O) groups is 2. The van der Waals surface area contributed by atoms with Crippen molar-refractivity contribution in [1.82, 2.24) is 14.9 Å². The summed E-state index contributed by atoms with van der Waals surface area (Å²) in [4.78, 5) is 36.3. The van der Waals surface area contributed by atoms with Crippen LogP contribution in [0.25, 0.3) is 0 Å². The van der Waals surface area contributed by atoms with Crippen LogP contribution >= 0.6 is 0 Å². The third-order valence-electron chi connectivity index (χ3n) is 5.21. The fourth-order valence-electron chi connectivity index (χ4n) is 4.01. The smallest absolute Gasteiger partial charge is 0.272 e. The Labute approximate surface area is 165 Å². The molecule has 0 N–H and O–H groups in total. The van der Waals surface area contributed by atoms with Crippen molar-refractivity contribution in [1.29, 1.82) is 0 Å². The minimum atomic E-state index is -0.200. The Morgan fingerprint density at radius 1 is 1.07 bits per heavy atom. The minimum absolute atomic E-state index is 0.0846. The lowest BCUT2D eigenvalue weighted by Crippen LogP contribution is -2.42. The SMILES string of the molecule is COc1c(C)cc(C(=O)C2CCCN(C(=O)c3cc(C)nc(C)n3)C2)cc1C. The monoisotopic (exact) mass is 381 g/mol. The number of nitrogens with zero attached hydrogens (tertiary/aromatic N) is 3. The number of ketones is 1. The van der Waals surface area contributed by atoms with Crippen LogP contribution in [0.15, 0.2) is 18.2 Å². The van der Waals surface area contributed by atoms with Crippen molar-refractivity contribution in [2.24, 2.45) is 5.92 Å². The topological polar surface area (TPSA) is 72.4 Å². The van der Waals surface area contributed by atoms with Gasteiger partial charge in [0.05, 0.1) is 7.11 Å². The summed E-state index contributed by atoms with van der Waals surface area (Å²) in [6, 6.07) is 5.47. The van der Waals surface area contributed by atoms with E-state index in [1.165, 1.54) is 0 Å². The van der Waals surface area contributed by atoms with Crippen LogP contribution in [0.3, 0.4) is 0 Å². The highest BCUT2D eigenvalue weighted by Gasteiger charge is 2.30. The second-order valence-electron chi connectivity index (χ2n) is 7.54. The first-order chi connectivity index (χ1) is 13.3. The third kappa shape index (κ3) is 4.06. The third-order valence-corrected chi connectivity index (χ3v) is 5.21. The van der Waals surface area contributed by atoms with E-state index >= 15 is 0 Å². The summed E-state index contributed by atoms with van der Waals surface area (Å²) in [5.74, 6) is 1.15. The predicted octanol–water partition coefficient (Wildman–Crippen LogP) is 3.45. The molecular formula is C22H27N3O3. The number of methoxy groups -OCH3 is 1. The number of hydrogen-bond acceptors (Lipinski definition) is 5. The summed E-state index contributed by atoms with van der Waals surface area (Å²) in [6.45, 7) is 8.58. The van der Waals surface area contributed by atoms with E-state index in [2.05, 4.69) is 9.97 Å². The number of Topliss-reactive ketones (excluding diaryl/α,β-unsaturated/α-hetero) is 1.